The number of nitrogens with one attached hydrogen (secondary N) is 1. The van der Waals surface area contributed by atoms with Crippen LogP contribution in [-0.4, -0.2) is 34.3 Å². The van der Waals surface area contributed by atoms with E-state index in [9.17, 15) is 0 Å². The smallest absolute Gasteiger partial charge is 0.152 e. The van der Waals surface area contributed by atoms with Crippen LogP contribution in [0.15, 0.2) is 29.5 Å². The molecule has 8 heteroatoms. The lowest BCUT2D eigenvalue weighted by Gasteiger charge is -2.22. The van der Waals surface area contributed by atoms with Crippen molar-refractivity contribution >= 4 is 64.7 Å². The number of aliphatic imine (C=N–C) groups is 1. The lowest BCUT2D eigenvalue weighted by Crippen LogP contribution is -2.45. The van der Waals surface area contributed by atoms with Crippen LogP contribution in [0.1, 0.15) is 5.69 Å². The van der Waals surface area contributed by atoms with Gasteiger partial charge in [-0.15, -0.1) is 0 Å². The van der Waals surface area contributed by atoms with E-state index in [-0.39, 0.29) is 0 Å². The Morgan fingerprint density at radius 1 is 1.62 bits per heavy atom. The third kappa shape index (κ3) is 2.92. The van der Waals surface area contributed by atoms with Gasteiger partial charge in [0.15, 0.2) is 5.65 Å². The van der Waals surface area contributed by atoms with Crippen molar-refractivity contribution in [3.05, 3.63) is 35.2 Å². The van der Waals surface area contributed by atoms with Crippen LogP contribution in [0.5, 0.6) is 0 Å². The Labute approximate surface area is 143 Å². The van der Waals surface area contributed by atoms with Crippen LogP contribution in [0.3, 0.4) is 0 Å². The zero-order chi connectivity index (χ0) is 14.8. The maximum Gasteiger partial charge on any atom is 0.152 e. The lowest BCUT2D eigenvalue weighted by atomic mass is 10.2. The van der Waals surface area contributed by atoms with Crippen LogP contribution in [0, 0.1) is 0 Å². The summed E-state index contributed by atoms with van der Waals surface area (Å²) >= 11 is 8.47. The molecule has 3 heterocycles. The molecule has 2 aromatic heterocycles. The van der Waals surface area contributed by atoms with Crippen LogP contribution < -0.4 is 11.1 Å². The average molecular weight is 434 g/mol. The van der Waals surface area contributed by atoms with Gasteiger partial charge in [-0.2, -0.15) is 0 Å². The summed E-state index contributed by atoms with van der Waals surface area (Å²) in [6.07, 6.45) is 5.11. The largest absolute Gasteiger partial charge is 0.404 e. The first-order valence-corrected chi connectivity index (χ1v) is 10.0. The Hall–Kier alpha value is -0.770. The van der Waals surface area contributed by atoms with E-state index in [1.165, 1.54) is 9.12 Å². The summed E-state index contributed by atoms with van der Waals surface area (Å²) < 4.78 is 2.01. The van der Waals surface area contributed by atoms with Gasteiger partial charge in [-0.3, -0.25) is 8.96 Å². The van der Waals surface area contributed by atoms with E-state index in [0.29, 0.717) is 11.1 Å². The molecule has 1 saturated heterocycles. The molecule has 1 aliphatic rings. The molecule has 0 radical (unpaired) electrons. The highest BCUT2D eigenvalue weighted by molar-refractivity contribution is 14.2. The minimum atomic E-state index is 0.340. The molecule has 3 N–H and O–H groups in total. The third-order valence-electron chi connectivity index (χ3n) is 3.34. The Morgan fingerprint density at radius 3 is 3.05 bits per heavy atom. The van der Waals surface area contributed by atoms with E-state index in [0.717, 1.165) is 35.4 Å². The standard InChI is InChI=1S/C13H13ClIN5S/c14-11-1-2-18-13-10(11)3-12(20(13)21-15)8(4-16)5-19-9-6-17-7-9/h1-5,9,17H,6-7,16H2/b8-4+,19-5?. The maximum absolute atomic E-state index is 6.25. The maximum atomic E-state index is 6.25. The van der Waals surface area contributed by atoms with Gasteiger partial charge in [0.05, 0.1) is 16.8 Å². The van der Waals surface area contributed by atoms with Gasteiger partial charge in [0, 0.05) is 73.0 Å². The van der Waals surface area contributed by atoms with Gasteiger partial charge < -0.3 is 11.1 Å². The summed E-state index contributed by atoms with van der Waals surface area (Å²) in [6, 6.07) is 4.13. The molecule has 21 heavy (non-hydrogen) atoms. The molecule has 0 amide bonds. The zero-order valence-corrected chi connectivity index (χ0v) is 14.7. The minimum absolute atomic E-state index is 0.340. The molecular weight excluding hydrogens is 421 g/mol. The number of allylic oxidation sites excluding steroid dienone is 1. The molecular formula is C13H13ClIN5S. The van der Waals surface area contributed by atoms with Crippen LogP contribution in [0.4, 0.5) is 0 Å². The zero-order valence-electron chi connectivity index (χ0n) is 11.0. The summed E-state index contributed by atoms with van der Waals surface area (Å²) in [4.78, 5) is 8.93. The van der Waals surface area contributed by atoms with E-state index in [4.69, 9.17) is 17.3 Å². The van der Waals surface area contributed by atoms with Crippen molar-refractivity contribution in [3.63, 3.8) is 0 Å². The number of aromatic nitrogens is 2. The van der Waals surface area contributed by atoms with Crippen LogP contribution in [0.25, 0.3) is 16.6 Å². The quantitative estimate of drug-likeness (QED) is 0.575. The number of nitrogens with zero attached hydrogens (tertiary/aromatic N) is 3. The van der Waals surface area contributed by atoms with Crippen molar-refractivity contribution in [1.82, 2.24) is 14.3 Å². The first-order chi connectivity index (χ1) is 10.2. The molecule has 0 spiro atoms. The Morgan fingerprint density at radius 2 is 2.43 bits per heavy atom. The minimum Gasteiger partial charge on any atom is -0.404 e. The molecule has 0 aliphatic carbocycles. The SMILES string of the molecule is N/C=C(\C=NC1CNC1)c1cc2c(Cl)ccnc2n1SI. The number of halogens is 2. The second-order valence-corrected chi connectivity index (χ2v) is 6.73. The van der Waals surface area contributed by atoms with Crippen molar-refractivity contribution in [1.29, 1.82) is 0 Å². The van der Waals surface area contributed by atoms with Crippen molar-refractivity contribution < 1.29 is 0 Å². The number of rotatable bonds is 4. The molecule has 0 atom stereocenters. The van der Waals surface area contributed by atoms with E-state index < -0.39 is 0 Å². The highest BCUT2D eigenvalue weighted by Gasteiger charge is 2.17. The van der Waals surface area contributed by atoms with Gasteiger partial charge in [-0.25, -0.2) is 4.98 Å². The molecule has 0 unspecified atom stereocenters. The molecule has 110 valence electrons. The third-order valence-corrected chi connectivity index (χ3v) is 5.36. The summed E-state index contributed by atoms with van der Waals surface area (Å²) in [5, 5.41) is 4.79. The van der Waals surface area contributed by atoms with Crippen LogP contribution >= 0.6 is 41.9 Å². The first-order valence-electron chi connectivity index (χ1n) is 6.35. The number of hydrogen-bond acceptors (Lipinski definition) is 5. The topological polar surface area (TPSA) is 68.2 Å². The summed E-state index contributed by atoms with van der Waals surface area (Å²) in [6.45, 7) is 1.84. The first kappa shape index (κ1) is 15.1. The molecule has 3 rings (SSSR count). The lowest BCUT2D eigenvalue weighted by molar-refractivity contribution is 0.449. The Kier molecular flexibility index (Phi) is 4.72. The van der Waals surface area contributed by atoms with Crippen molar-refractivity contribution in [2.45, 2.75) is 6.04 Å². The van der Waals surface area contributed by atoms with Crippen LogP contribution in [-0.2, 0) is 0 Å². The number of hydrogen-bond donors (Lipinski definition) is 2. The number of fused-ring (bicyclic) bond motifs is 1. The molecule has 0 bridgehead atoms. The Balaban J connectivity index is 2.05. The van der Waals surface area contributed by atoms with Gasteiger partial charge in [0.2, 0.25) is 0 Å². The number of pyridine rings is 1. The van der Waals surface area contributed by atoms with E-state index in [1.807, 2.05) is 16.3 Å². The van der Waals surface area contributed by atoms with Crippen molar-refractivity contribution in [2.24, 2.45) is 10.7 Å². The summed E-state index contributed by atoms with van der Waals surface area (Å²) in [5.74, 6) is 0. The van der Waals surface area contributed by atoms with Crippen molar-refractivity contribution in [2.75, 3.05) is 13.1 Å². The monoisotopic (exact) mass is 433 g/mol. The summed E-state index contributed by atoms with van der Waals surface area (Å²) in [5.41, 5.74) is 8.42. The molecule has 1 fully saturated rings. The Bertz CT molecular complexity index is 723. The van der Waals surface area contributed by atoms with E-state index in [1.54, 1.807) is 18.5 Å². The predicted molar refractivity (Wildman–Crippen MR) is 99.1 cm³/mol. The van der Waals surface area contributed by atoms with Gasteiger partial charge in [-0.05, 0) is 12.1 Å². The fourth-order valence-electron chi connectivity index (χ4n) is 2.07. The normalized spacial score (nSPS) is 16.8. The fraction of sp³-hybridized carbons (Fsp3) is 0.231. The second-order valence-electron chi connectivity index (χ2n) is 4.64. The van der Waals surface area contributed by atoms with Crippen LogP contribution in [0.2, 0.25) is 5.02 Å². The van der Waals surface area contributed by atoms with Gasteiger partial charge in [0.25, 0.3) is 0 Å². The molecule has 0 saturated carbocycles. The highest BCUT2D eigenvalue weighted by Crippen LogP contribution is 2.33. The van der Waals surface area contributed by atoms with E-state index >= 15 is 0 Å². The molecule has 2 aromatic rings. The highest BCUT2D eigenvalue weighted by atomic mass is 127. The average Bonchev–Trinajstić information content (AvgIpc) is 2.81. The van der Waals surface area contributed by atoms with Gasteiger partial charge in [-0.1, -0.05) is 11.6 Å². The van der Waals surface area contributed by atoms with Gasteiger partial charge >= 0.3 is 0 Å². The number of nitrogens with two attached hydrogens (primary N) is 1. The van der Waals surface area contributed by atoms with E-state index in [2.05, 4.69) is 36.5 Å². The van der Waals surface area contributed by atoms with Crippen molar-refractivity contribution in [3.8, 4) is 0 Å². The fourth-order valence-corrected chi connectivity index (χ4v) is 3.91. The predicted octanol–water partition coefficient (Wildman–Crippen LogP) is 2.88. The molecule has 1 aliphatic heterocycles. The summed E-state index contributed by atoms with van der Waals surface area (Å²) in [7, 11) is 1.53. The van der Waals surface area contributed by atoms with Gasteiger partial charge in [0.1, 0.15) is 0 Å². The second kappa shape index (κ2) is 6.55. The molecule has 0 aromatic carbocycles. The molecule has 5 nitrogen and oxygen atoms in total.